The van der Waals surface area contributed by atoms with Gasteiger partial charge in [-0.15, -0.1) is 0 Å². The second-order valence-corrected chi connectivity index (χ2v) is 14.1. The molecule has 44 heavy (non-hydrogen) atoms. The first-order valence-electron chi connectivity index (χ1n) is 14.4. The van der Waals surface area contributed by atoms with Crippen LogP contribution >= 0.6 is 21.6 Å². The molecule has 1 aliphatic rings. The van der Waals surface area contributed by atoms with Crippen LogP contribution in [0.1, 0.15) is 60.8 Å². The van der Waals surface area contributed by atoms with Gasteiger partial charge in [0.25, 0.3) is 0 Å². The lowest BCUT2D eigenvalue weighted by molar-refractivity contribution is -0.143. The summed E-state index contributed by atoms with van der Waals surface area (Å²) in [5.41, 5.74) is 6.05. The van der Waals surface area contributed by atoms with Crippen LogP contribution in [0.15, 0.2) is 0 Å². The molecule has 0 bridgehead atoms. The number of rotatable bonds is 8. The Bertz CT molecular complexity index is 1060. The van der Waals surface area contributed by atoms with Crippen molar-refractivity contribution in [1.29, 1.82) is 0 Å². The molecule has 2 unspecified atom stereocenters. The van der Waals surface area contributed by atoms with Crippen molar-refractivity contribution in [3.63, 3.8) is 0 Å². The number of hydrogen-bond acceptors (Lipinski definition) is 10. The van der Waals surface area contributed by atoms with E-state index >= 15 is 0 Å². The monoisotopic (exact) mass is 662 g/mol. The van der Waals surface area contributed by atoms with E-state index in [1.807, 2.05) is 6.92 Å². The van der Waals surface area contributed by atoms with Gasteiger partial charge in [0.2, 0.25) is 29.5 Å². The summed E-state index contributed by atoms with van der Waals surface area (Å²) in [5, 5.41) is 31.6. The van der Waals surface area contributed by atoms with E-state index in [4.69, 9.17) is 5.73 Å². The van der Waals surface area contributed by atoms with Gasteiger partial charge in [-0.05, 0) is 24.2 Å². The van der Waals surface area contributed by atoms with Gasteiger partial charge >= 0.3 is 11.9 Å². The number of nitrogens with two attached hydrogens (primary N) is 1. The first-order chi connectivity index (χ1) is 20.5. The third-order valence-electron chi connectivity index (χ3n) is 6.91. The Morgan fingerprint density at radius 3 is 1.82 bits per heavy atom. The quantitative estimate of drug-likeness (QED) is 0.152. The van der Waals surface area contributed by atoms with E-state index in [9.17, 15) is 43.8 Å². The predicted octanol–water partition coefficient (Wildman–Crippen LogP) is -0.560. The van der Waals surface area contributed by atoms with Crippen LogP contribution in [-0.4, -0.2) is 99.4 Å². The highest BCUT2D eigenvalue weighted by Crippen LogP contribution is 2.23. The molecule has 1 rings (SSSR count). The van der Waals surface area contributed by atoms with Crippen LogP contribution in [0.5, 0.6) is 0 Å². The maximum absolute atomic E-state index is 13.4. The molecular weight excluding hydrogens is 616 g/mol. The highest BCUT2D eigenvalue weighted by Gasteiger charge is 2.36. The van der Waals surface area contributed by atoms with Gasteiger partial charge < -0.3 is 42.5 Å². The average Bonchev–Trinajstić information content (AvgIpc) is 2.92. The van der Waals surface area contributed by atoms with Crippen molar-refractivity contribution < 1.29 is 43.8 Å². The summed E-state index contributed by atoms with van der Waals surface area (Å²) in [5.74, 6) is -7.71. The Morgan fingerprint density at radius 2 is 1.30 bits per heavy atom. The third-order valence-corrected chi connectivity index (χ3v) is 9.36. The summed E-state index contributed by atoms with van der Waals surface area (Å²) in [6.45, 7) is 10.4. The van der Waals surface area contributed by atoms with Crippen molar-refractivity contribution in [3.05, 3.63) is 0 Å². The summed E-state index contributed by atoms with van der Waals surface area (Å²) < 4.78 is 0. The number of carboxylic acids is 2. The Labute approximate surface area is 265 Å². The molecule has 1 aliphatic heterocycles. The number of carbonyl (C=O) groups excluding carboxylic acids is 5. The summed E-state index contributed by atoms with van der Waals surface area (Å²) in [6, 6.07) is -7.56. The summed E-state index contributed by atoms with van der Waals surface area (Å²) >= 11 is 0. The molecule has 17 heteroatoms. The highest BCUT2D eigenvalue weighted by atomic mass is 33.1. The van der Waals surface area contributed by atoms with Gasteiger partial charge in [-0.2, -0.15) is 0 Å². The maximum Gasteiger partial charge on any atom is 0.327 e. The van der Waals surface area contributed by atoms with Crippen LogP contribution in [-0.2, 0) is 33.6 Å². The van der Waals surface area contributed by atoms with Crippen LogP contribution in [0.25, 0.3) is 0 Å². The summed E-state index contributed by atoms with van der Waals surface area (Å²) in [7, 11) is 2.18. The Kier molecular flexibility index (Phi) is 16.6. The number of carboxylic acid groups (broad SMARTS) is 2. The van der Waals surface area contributed by atoms with Gasteiger partial charge in [0.15, 0.2) is 0 Å². The molecule has 0 aromatic carbocycles. The number of amides is 5. The molecule has 0 saturated carbocycles. The number of nitrogens with one attached hydrogen (secondary N) is 5. The van der Waals surface area contributed by atoms with Gasteiger partial charge in [-0.3, -0.25) is 28.8 Å². The van der Waals surface area contributed by atoms with Crippen molar-refractivity contribution in [3.8, 4) is 0 Å². The maximum atomic E-state index is 13.4. The Hall–Kier alpha value is -3.05. The van der Waals surface area contributed by atoms with Crippen molar-refractivity contribution in [2.75, 3.05) is 11.5 Å². The summed E-state index contributed by atoms with van der Waals surface area (Å²) in [4.78, 5) is 89.6. The molecule has 1 saturated heterocycles. The number of aliphatic carboxylic acids is 2. The first kappa shape index (κ1) is 39.0. The molecule has 1 heterocycles. The zero-order valence-corrected chi connectivity index (χ0v) is 27.5. The standard InChI is InChI=1S/C27H46N6O9S2/c1-7-14(6)21-26(40)30-16(8-12(2)3)23(37)29-17(9-19(34)35)24(38)32-20(13(4)5)25(39)31-18(27(41)42)11-44-43-10-15(28)22(36)33-21/h12-18,20-21H,7-11,28H2,1-6H3,(H,29,37)(H,30,40)(H,31,39)(H,32,38)(H,33,36)(H,34,35)(H,41,42)/t14-,15+,16?,17+,18?,20+,21-/m1/s1. The molecule has 7 atom stereocenters. The lowest BCUT2D eigenvalue weighted by Crippen LogP contribution is -2.61. The van der Waals surface area contributed by atoms with E-state index < -0.39 is 90.1 Å². The Morgan fingerprint density at radius 1 is 0.773 bits per heavy atom. The van der Waals surface area contributed by atoms with Crippen LogP contribution in [0, 0.1) is 17.8 Å². The van der Waals surface area contributed by atoms with E-state index in [1.165, 1.54) is 0 Å². The van der Waals surface area contributed by atoms with Gasteiger partial charge in [-0.1, -0.05) is 69.6 Å². The predicted molar refractivity (Wildman–Crippen MR) is 166 cm³/mol. The molecule has 250 valence electrons. The fraction of sp³-hybridized carbons (Fsp3) is 0.741. The van der Waals surface area contributed by atoms with Crippen molar-refractivity contribution >= 4 is 63.1 Å². The minimum atomic E-state index is -1.63. The zero-order valence-electron chi connectivity index (χ0n) is 25.9. The lowest BCUT2D eigenvalue weighted by Gasteiger charge is -2.29. The molecule has 0 spiro atoms. The normalized spacial score (nSPS) is 27.8. The molecule has 0 aliphatic carbocycles. The molecular formula is C27H46N6O9S2. The van der Waals surface area contributed by atoms with Gasteiger partial charge in [-0.25, -0.2) is 4.79 Å². The van der Waals surface area contributed by atoms with Gasteiger partial charge in [0.05, 0.1) is 12.5 Å². The highest BCUT2D eigenvalue weighted by molar-refractivity contribution is 8.76. The van der Waals surface area contributed by atoms with Crippen LogP contribution < -0.4 is 32.3 Å². The van der Waals surface area contributed by atoms with E-state index in [1.54, 1.807) is 34.6 Å². The van der Waals surface area contributed by atoms with Crippen LogP contribution in [0.3, 0.4) is 0 Å². The van der Waals surface area contributed by atoms with E-state index in [-0.39, 0.29) is 29.8 Å². The molecule has 0 radical (unpaired) electrons. The molecule has 0 aromatic rings. The van der Waals surface area contributed by atoms with E-state index in [0.29, 0.717) is 6.42 Å². The second kappa shape index (κ2) is 18.7. The molecule has 15 nitrogen and oxygen atoms in total. The number of carbonyl (C=O) groups is 7. The van der Waals surface area contributed by atoms with Crippen LogP contribution in [0.2, 0.25) is 0 Å². The topological polar surface area (TPSA) is 246 Å². The SMILES string of the molecule is CC[C@@H](C)[C@H]1NC(=O)[C@@H](N)CSSCC(C(=O)O)NC(=O)[C@H](C(C)C)NC(=O)[C@H](CC(=O)O)NC(=O)C(CC(C)C)NC1=O. The Balaban J connectivity index is 3.53. The minimum Gasteiger partial charge on any atom is -0.481 e. The molecule has 1 fully saturated rings. The van der Waals surface area contributed by atoms with Gasteiger partial charge in [0.1, 0.15) is 30.2 Å². The summed E-state index contributed by atoms with van der Waals surface area (Å²) in [6.07, 6.45) is -0.206. The number of hydrogen-bond donors (Lipinski definition) is 8. The third kappa shape index (κ3) is 12.9. The molecule has 5 amide bonds. The minimum absolute atomic E-state index is 0.0691. The van der Waals surface area contributed by atoms with Crippen LogP contribution in [0.4, 0.5) is 0 Å². The smallest absolute Gasteiger partial charge is 0.327 e. The van der Waals surface area contributed by atoms with Gasteiger partial charge in [0, 0.05) is 11.5 Å². The lowest BCUT2D eigenvalue weighted by atomic mass is 9.96. The fourth-order valence-electron chi connectivity index (χ4n) is 4.12. The second-order valence-electron chi connectivity index (χ2n) is 11.5. The van der Waals surface area contributed by atoms with Crippen molar-refractivity contribution in [2.45, 2.75) is 97.1 Å². The molecule has 0 aromatic heterocycles. The fourth-order valence-corrected chi connectivity index (χ4v) is 6.40. The van der Waals surface area contributed by atoms with Crippen molar-refractivity contribution in [1.82, 2.24) is 26.6 Å². The first-order valence-corrected chi connectivity index (χ1v) is 16.9. The average molecular weight is 663 g/mol. The van der Waals surface area contributed by atoms with Crippen molar-refractivity contribution in [2.24, 2.45) is 23.5 Å². The van der Waals surface area contributed by atoms with E-state index in [2.05, 4.69) is 26.6 Å². The van der Waals surface area contributed by atoms with E-state index in [0.717, 1.165) is 21.6 Å². The largest absolute Gasteiger partial charge is 0.481 e. The zero-order chi connectivity index (χ0) is 33.7. The molecule has 9 N–H and O–H groups in total.